The molecule has 0 aliphatic rings. The van der Waals surface area contributed by atoms with Crippen LogP contribution in [0.3, 0.4) is 0 Å². The molecule has 1 aromatic heterocycles. The minimum Gasteiger partial charge on any atom is -0.439 e. The molecule has 0 bridgehead atoms. The van der Waals surface area contributed by atoms with Gasteiger partial charge in [-0.25, -0.2) is 14.4 Å². The molecule has 0 radical (unpaired) electrons. The van der Waals surface area contributed by atoms with Crippen LogP contribution in [0, 0.1) is 5.82 Å². The van der Waals surface area contributed by atoms with E-state index in [0.717, 1.165) is 18.4 Å². The number of hydrogen-bond donors (Lipinski definition) is 1. The summed E-state index contributed by atoms with van der Waals surface area (Å²) < 4.78 is 18.9. The lowest BCUT2D eigenvalue weighted by Crippen LogP contribution is -2.24. The topological polar surface area (TPSA) is 64.1 Å². The predicted octanol–water partition coefficient (Wildman–Crippen LogP) is 4.60. The molecule has 6 heteroatoms. The Kier molecular flexibility index (Phi) is 6.10. The predicted molar refractivity (Wildman–Crippen MR) is 101 cm³/mol. The zero-order valence-corrected chi connectivity index (χ0v) is 15.0. The number of aromatic nitrogens is 2. The number of amides is 1. The van der Waals surface area contributed by atoms with Gasteiger partial charge in [-0.2, -0.15) is 0 Å². The second-order valence-electron chi connectivity index (χ2n) is 5.99. The Bertz CT molecular complexity index is 913. The highest BCUT2D eigenvalue weighted by atomic mass is 19.1. The molecule has 0 aliphatic carbocycles. The third kappa shape index (κ3) is 5.10. The van der Waals surface area contributed by atoms with E-state index in [4.69, 9.17) is 4.74 Å². The Morgan fingerprint density at radius 3 is 2.70 bits per heavy atom. The van der Waals surface area contributed by atoms with Crippen LogP contribution in [0.15, 0.2) is 60.9 Å². The molecule has 3 aromatic rings. The van der Waals surface area contributed by atoms with Crippen molar-refractivity contribution in [2.75, 3.05) is 6.54 Å². The Morgan fingerprint density at radius 1 is 1.11 bits per heavy atom. The normalized spacial score (nSPS) is 10.4. The lowest BCUT2D eigenvalue weighted by molar-refractivity contribution is 0.0953. The van der Waals surface area contributed by atoms with E-state index < -0.39 is 0 Å². The first-order valence-corrected chi connectivity index (χ1v) is 8.80. The number of hydrogen-bond acceptors (Lipinski definition) is 4. The van der Waals surface area contributed by atoms with E-state index >= 15 is 0 Å². The second-order valence-corrected chi connectivity index (χ2v) is 5.99. The number of carbonyl (C=O) groups excluding carboxylic acids is 1. The zero-order valence-electron chi connectivity index (χ0n) is 15.0. The minimum atomic E-state index is -0.307. The maximum absolute atomic E-state index is 13.1. The van der Waals surface area contributed by atoms with Crippen molar-refractivity contribution in [3.63, 3.8) is 0 Å². The van der Waals surface area contributed by atoms with Gasteiger partial charge >= 0.3 is 0 Å². The molecule has 0 aliphatic heterocycles. The maximum atomic E-state index is 13.1. The number of carbonyl (C=O) groups is 1. The highest BCUT2D eigenvalue weighted by Gasteiger charge is 2.08. The molecule has 0 saturated heterocycles. The molecule has 0 fully saturated rings. The molecule has 138 valence electrons. The lowest BCUT2D eigenvalue weighted by atomic mass is 10.1. The van der Waals surface area contributed by atoms with Crippen LogP contribution in [-0.4, -0.2) is 22.4 Å². The van der Waals surface area contributed by atoms with E-state index in [2.05, 4.69) is 22.2 Å². The van der Waals surface area contributed by atoms with Gasteiger partial charge in [-0.05, 0) is 48.9 Å². The van der Waals surface area contributed by atoms with Crippen molar-refractivity contribution in [1.82, 2.24) is 15.3 Å². The van der Waals surface area contributed by atoms with Gasteiger partial charge in [0.15, 0.2) is 0 Å². The summed E-state index contributed by atoms with van der Waals surface area (Å²) in [5, 5.41) is 2.88. The van der Waals surface area contributed by atoms with E-state index in [1.165, 1.54) is 18.5 Å². The van der Waals surface area contributed by atoms with Gasteiger partial charge in [0.1, 0.15) is 17.9 Å². The fourth-order valence-corrected chi connectivity index (χ4v) is 2.48. The SMILES string of the molecule is CCCCNC(=O)c1cccc(Oc2cc(-c3ccc(F)cc3)ncn2)c1. The Balaban J connectivity index is 1.74. The van der Waals surface area contributed by atoms with Gasteiger partial charge in [0.2, 0.25) is 5.88 Å². The van der Waals surface area contributed by atoms with Crippen LogP contribution in [0.5, 0.6) is 11.6 Å². The van der Waals surface area contributed by atoms with E-state index in [-0.39, 0.29) is 11.7 Å². The summed E-state index contributed by atoms with van der Waals surface area (Å²) in [5.41, 5.74) is 1.90. The fourth-order valence-electron chi connectivity index (χ4n) is 2.48. The third-order valence-electron chi connectivity index (χ3n) is 3.92. The van der Waals surface area contributed by atoms with Crippen molar-refractivity contribution < 1.29 is 13.9 Å². The summed E-state index contributed by atoms with van der Waals surface area (Å²) in [5.74, 6) is 0.400. The summed E-state index contributed by atoms with van der Waals surface area (Å²) in [4.78, 5) is 20.5. The summed E-state index contributed by atoms with van der Waals surface area (Å²) in [6.07, 6.45) is 3.35. The Hall–Kier alpha value is -3.28. The van der Waals surface area contributed by atoms with Crippen LogP contribution >= 0.6 is 0 Å². The van der Waals surface area contributed by atoms with Crippen molar-refractivity contribution in [3.05, 3.63) is 72.3 Å². The van der Waals surface area contributed by atoms with Crippen molar-refractivity contribution in [2.45, 2.75) is 19.8 Å². The van der Waals surface area contributed by atoms with Gasteiger partial charge in [-0.1, -0.05) is 19.4 Å². The number of nitrogens with one attached hydrogen (secondary N) is 1. The van der Waals surface area contributed by atoms with Gasteiger partial charge in [-0.15, -0.1) is 0 Å². The fraction of sp³-hybridized carbons (Fsp3) is 0.190. The van der Waals surface area contributed by atoms with E-state index in [1.54, 1.807) is 42.5 Å². The van der Waals surface area contributed by atoms with Crippen molar-refractivity contribution in [1.29, 1.82) is 0 Å². The molecular formula is C21H20FN3O2. The van der Waals surface area contributed by atoms with Gasteiger partial charge in [0, 0.05) is 23.7 Å². The third-order valence-corrected chi connectivity index (χ3v) is 3.92. The zero-order chi connectivity index (χ0) is 19.1. The average molecular weight is 365 g/mol. The monoisotopic (exact) mass is 365 g/mol. The van der Waals surface area contributed by atoms with Crippen molar-refractivity contribution >= 4 is 5.91 Å². The number of halogens is 1. The van der Waals surface area contributed by atoms with Gasteiger partial charge in [-0.3, -0.25) is 4.79 Å². The first kappa shape index (κ1) is 18.5. The lowest BCUT2D eigenvalue weighted by Gasteiger charge is -2.08. The number of rotatable bonds is 7. The summed E-state index contributed by atoms with van der Waals surface area (Å²) in [7, 11) is 0. The minimum absolute atomic E-state index is 0.136. The van der Waals surface area contributed by atoms with E-state index in [1.807, 2.05) is 0 Å². The van der Waals surface area contributed by atoms with Gasteiger partial charge in [0.25, 0.3) is 5.91 Å². The van der Waals surface area contributed by atoms with Crippen LogP contribution in [0.25, 0.3) is 11.3 Å². The molecule has 2 aromatic carbocycles. The first-order valence-electron chi connectivity index (χ1n) is 8.80. The Morgan fingerprint density at radius 2 is 1.93 bits per heavy atom. The summed E-state index contributed by atoms with van der Waals surface area (Å²) >= 11 is 0. The van der Waals surface area contributed by atoms with E-state index in [0.29, 0.717) is 29.4 Å². The molecule has 5 nitrogen and oxygen atoms in total. The standard InChI is InChI=1S/C21H20FN3O2/c1-2-3-11-23-21(26)16-5-4-6-18(12-16)27-20-13-19(24-14-25-20)15-7-9-17(22)10-8-15/h4-10,12-14H,2-3,11H2,1H3,(H,23,26). The highest BCUT2D eigenvalue weighted by molar-refractivity contribution is 5.94. The highest BCUT2D eigenvalue weighted by Crippen LogP contribution is 2.24. The molecule has 0 spiro atoms. The van der Waals surface area contributed by atoms with Crippen molar-refractivity contribution in [2.24, 2.45) is 0 Å². The number of unbranched alkanes of at least 4 members (excludes halogenated alkanes) is 1. The Labute approximate surface area is 157 Å². The number of benzene rings is 2. The summed E-state index contributed by atoms with van der Waals surface area (Å²) in [6.45, 7) is 2.72. The molecule has 1 N–H and O–H groups in total. The first-order chi connectivity index (χ1) is 13.2. The molecule has 3 rings (SSSR count). The molecule has 1 heterocycles. The van der Waals surface area contributed by atoms with Crippen LogP contribution in [0.2, 0.25) is 0 Å². The molecule has 0 unspecified atom stereocenters. The molecule has 0 saturated carbocycles. The molecule has 27 heavy (non-hydrogen) atoms. The van der Waals surface area contributed by atoms with Crippen LogP contribution < -0.4 is 10.1 Å². The van der Waals surface area contributed by atoms with Crippen molar-refractivity contribution in [3.8, 4) is 22.9 Å². The van der Waals surface area contributed by atoms with Crippen LogP contribution in [0.4, 0.5) is 4.39 Å². The molecule has 0 atom stereocenters. The van der Waals surface area contributed by atoms with E-state index in [9.17, 15) is 9.18 Å². The average Bonchev–Trinajstić information content (AvgIpc) is 2.69. The quantitative estimate of drug-likeness (QED) is 0.621. The number of nitrogens with zero attached hydrogens (tertiary/aromatic N) is 2. The maximum Gasteiger partial charge on any atom is 0.251 e. The van der Waals surface area contributed by atoms with Gasteiger partial charge in [0.05, 0.1) is 5.69 Å². The van der Waals surface area contributed by atoms with Crippen LogP contribution in [-0.2, 0) is 0 Å². The van der Waals surface area contributed by atoms with Crippen LogP contribution in [0.1, 0.15) is 30.1 Å². The largest absolute Gasteiger partial charge is 0.439 e. The smallest absolute Gasteiger partial charge is 0.251 e. The second kappa shape index (κ2) is 8.89. The summed E-state index contributed by atoms with van der Waals surface area (Å²) in [6, 6.07) is 14.6. The number of ether oxygens (including phenoxy) is 1. The molecule has 1 amide bonds. The molecular weight excluding hydrogens is 345 g/mol. The van der Waals surface area contributed by atoms with Gasteiger partial charge < -0.3 is 10.1 Å².